The monoisotopic (exact) mass is 520 g/mol. The number of nitrogens with one attached hydrogen (secondary N) is 1. The number of benzene rings is 2. The van der Waals surface area contributed by atoms with Crippen molar-refractivity contribution in [1.82, 2.24) is 5.32 Å². The number of carbonyl (C=O) groups is 1. The Balaban J connectivity index is 1.48. The fourth-order valence-corrected chi connectivity index (χ4v) is 5.23. The Bertz CT molecular complexity index is 1340. The minimum atomic E-state index is -1.26. The fraction of sp³-hybridized carbons (Fsp3) is 0.433. The number of aryl methyl sites for hydroxylation is 1. The van der Waals surface area contributed by atoms with Gasteiger partial charge in [-0.15, -0.1) is 0 Å². The Kier molecular flexibility index (Phi) is 7.50. The van der Waals surface area contributed by atoms with E-state index in [9.17, 15) is 25.1 Å². The van der Waals surface area contributed by atoms with Crippen molar-refractivity contribution < 1.29 is 24.3 Å². The molecule has 0 bridgehead atoms. The molecule has 2 unspecified atom stereocenters. The highest BCUT2D eigenvalue weighted by Gasteiger charge is 2.37. The van der Waals surface area contributed by atoms with Crippen LogP contribution in [0.5, 0.6) is 0 Å². The summed E-state index contributed by atoms with van der Waals surface area (Å²) in [5.74, 6) is 0.148. The Morgan fingerprint density at radius 1 is 1.05 bits per heavy atom. The van der Waals surface area contributed by atoms with Gasteiger partial charge in [0.1, 0.15) is 11.9 Å². The van der Waals surface area contributed by atoms with Crippen molar-refractivity contribution in [2.24, 2.45) is 0 Å². The lowest BCUT2D eigenvalue weighted by atomic mass is 9.62. The van der Waals surface area contributed by atoms with E-state index in [0.717, 1.165) is 18.4 Å². The SMILES string of the molecule is Cc1cc2c(cc1Cc1ccc(C(=O)NC(CO)C(O)c3ccc([N+](=O)[O-])cc3)o1)C(C)(C)CCC2(C)C. The van der Waals surface area contributed by atoms with Gasteiger partial charge in [0, 0.05) is 18.6 Å². The van der Waals surface area contributed by atoms with Gasteiger partial charge in [0.15, 0.2) is 5.76 Å². The summed E-state index contributed by atoms with van der Waals surface area (Å²) in [7, 11) is 0. The van der Waals surface area contributed by atoms with Crippen LogP contribution in [0.15, 0.2) is 52.9 Å². The van der Waals surface area contributed by atoms with Crippen LogP contribution < -0.4 is 5.32 Å². The quantitative estimate of drug-likeness (QED) is 0.275. The Labute approximate surface area is 222 Å². The third-order valence-corrected chi connectivity index (χ3v) is 7.90. The van der Waals surface area contributed by atoms with Crippen molar-refractivity contribution in [1.29, 1.82) is 0 Å². The summed E-state index contributed by atoms with van der Waals surface area (Å²) in [6, 6.07) is 12.2. The van der Waals surface area contributed by atoms with Crippen LogP contribution >= 0.6 is 0 Å². The van der Waals surface area contributed by atoms with E-state index in [-0.39, 0.29) is 22.3 Å². The van der Waals surface area contributed by atoms with Gasteiger partial charge in [-0.1, -0.05) is 39.8 Å². The molecule has 1 aromatic heterocycles. The predicted molar refractivity (Wildman–Crippen MR) is 144 cm³/mol. The van der Waals surface area contributed by atoms with Crippen LogP contribution in [0.2, 0.25) is 0 Å². The van der Waals surface area contributed by atoms with Gasteiger partial charge in [-0.25, -0.2) is 0 Å². The molecule has 202 valence electrons. The molecule has 2 atom stereocenters. The first-order valence-electron chi connectivity index (χ1n) is 12.9. The van der Waals surface area contributed by atoms with Crippen LogP contribution in [-0.2, 0) is 17.3 Å². The van der Waals surface area contributed by atoms with Gasteiger partial charge < -0.3 is 19.9 Å². The molecule has 1 amide bonds. The third-order valence-electron chi connectivity index (χ3n) is 7.90. The summed E-state index contributed by atoms with van der Waals surface area (Å²) in [4.78, 5) is 23.2. The van der Waals surface area contributed by atoms with Gasteiger partial charge >= 0.3 is 0 Å². The molecule has 0 aliphatic heterocycles. The molecule has 0 fully saturated rings. The highest BCUT2D eigenvalue weighted by atomic mass is 16.6. The van der Waals surface area contributed by atoms with Gasteiger partial charge in [0.25, 0.3) is 11.6 Å². The number of hydrogen-bond donors (Lipinski definition) is 3. The van der Waals surface area contributed by atoms with Crippen LogP contribution in [0.1, 0.15) is 90.8 Å². The zero-order valence-electron chi connectivity index (χ0n) is 22.6. The zero-order chi connectivity index (χ0) is 27.8. The Morgan fingerprint density at radius 2 is 1.66 bits per heavy atom. The van der Waals surface area contributed by atoms with Crippen molar-refractivity contribution in [3.05, 3.63) is 98.0 Å². The molecular weight excluding hydrogens is 484 g/mol. The molecule has 3 N–H and O–H groups in total. The van der Waals surface area contributed by atoms with Crippen LogP contribution in [0, 0.1) is 17.0 Å². The second-order valence-corrected chi connectivity index (χ2v) is 11.6. The second kappa shape index (κ2) is 10.3. The first-order chi connectivity index (χ1) is 17.8. The summed E-state index contributed by atoms with van der Waals surface area (Å²) < 4.78 is 5.86. The minimum absolute atomic E-state index is 0.0754. The summed E-state index contributed by atoms with van der Waals surface area (Å²) >= 11 is 0. The maximum absolute atomic E-state index is 12.9. The average Bonchev–Trinajstić information content (AvgIpc) is 3.34. The fourth-order valence-electron chi connectivity index (χ4n) is 5.23. The lowest BCUT2D eigenvalue weighted by molar-refractivity contribution is -0.384. The number of nitrogens with zero attached hydrogens (tertiary/aromatic N) is 1. The first kappa shape index (κ1) is 27.5. The molecule has 1 aliphatic rings. The van der Waals surface area contributed by atoms with Crippen molar-refractivity contribution in [2.75, 3.05) is 6.61 Å². The second-order valence-electron chi connectivity index (χ2n) is 11.6. The summed E-state index contributed by atoms with van der Waals surface area (Å²) in [6.45, 7) is 10.8. The van der Waals surface area contributed by atoms with Gasteiger partial charge in [-0.3, -0.25) is 14.9 Å². The van der Waals surface area contributed by atoms with Gasteiger partial charge in [0.05, 0.1) is 17.6 Å². The van der Waals surface area contributed by atoms with Crippen LogP contribution in [0.3, 0.4) is 0 Å². The number of amides is 1. The van der Waals surface area contributed by atoms with E-state index in [2.05, 4.69) is 52.1 Å². The molecule has 0 saturated heterocycles. The number of nitro groups is 1. The molecular formula is C30H36N2O6. The van der Waals surface area contributed by atoms with Crippen molar-refractivity contribution in [2.45, 2.75) is 76.9 Å². The lowest BCUT2D eigenvalue weighted by Gasteiger charge is -2.42. The highest BCUT2D eigenvalue weighted by Crippen LogP contribution is 2.46. The Morgan fingerprint density at radius 3 is 2.24 bits per heavy atom. The first-order valence-corrected chi connectivity index (χ1v) is 12.9. The normalized spacial score (nSPS) is 17.3. The number of aliphatic hydroxyl groups excluding tert-OH is 2. The number of fused-ring (bicyclic) bond motifs is 1. The standard InChI is InChI=1S/C30H36N2O6/c1-18-14-23-24(30(4,5)13-12-29(23,2)3)16-20(18)15-22-10-11-26(38-22)28(35)31-25(17-33)27(34)19-6-8-21(9-7-19)32(36)37/h6-11,14,16,25,27,33-34H,12-13,15,17H2,1-5H3,(H,31,35). The average molecular weight is 521 g/mol. The number of non-ortho nitro benzene ring substituents is 1. The number of nitro benzene ring substituents is 1. The van der Waals surface area contributed by atoms with Crippen molar-refractivity contribution in [3.8, 4) is 0 Å². The molecule has 0 radical (unpaired) electrons. The zero-order valence-corrected chi connectivity index (χ0v) is 22.6. The number of furan rings is 1. The van der Waals surface area contributed by atoms with Crippen LogP contribution in [-0.4, -0.2) is 33.7 Å². The summed E-state index contributed by atoms with van der Waals surface area (Å²) in [5.41, 5.74) is 5.54. The van der Waals surface area contributed by atoms with E-state index in [1.165, 1.54) is 41.0 Å². The van der Waals surface area contributed by atoms with E-state index in [0.29, 0.717) is 17.7 Å². The van der Waals surface area contributed by atoms with Gasteiger partial charge in [-0.2, -0.15) is 0 Å². The topological polar surface area (TPSA) is 126 Å². The van der Waals surface area contributed by atoms with E-state index in [1.54, 1.807) is 12.1 Å². The molecule has 2 aromatic carbocycles. The highest BCUT2D eigenvalue weighted by molar-refractivity contribution is 5.91. The van der Waals surface area contributed by atoms with E-state index < -0.39 is 29.6 Å². The van der Waals surface area contributed by atoms with Crippen LogP contribution in [0.25, 0.3) is 0 Å². The van der Waals surface area contributed by atoms with Crippen LogP contribution in [0.4, 0.5) is 5.69 Å². The predicted octanol–water partition coefficient (Wildman–Crippen LogP) is 5.26. The smallest absolute Gasteiger partial charge is 0.287 e. The number of hydrogen-bond acceptors (Lipinski definition) is 6. The van der Waals surface area contributed by atoms with Crippen molar-refractivity contribution >= 4 is 11.6 Å². The minimum Gasteiger partial charge on any atom is -0.456 e. The lowest BCUT2D eigenvalue weighted by Crippen LogP contribution is -2.41. The van der Waals surface area contributed by atoms with E-state index in [4.69, 9.17) is 4.42 Å². The molecule has 4 rings (SSSR count). The maximum Gasteiger partial charge on any atom is 0.287 e. The Hall–Kier alpha value is -3.49. The molecule has 3 aromatic rings. The maximum atomic E-state index is 12.9. The van der Waals surface area contributed by atoms with E-state index >= 15 is 0 Å². The molecule has 8 nitrogen and oxygen atoms in total. The molecule has 0 saturated carbocycles. The molecule has 1 heterocycles. The molecule has 38 heavy (non-hydrogen) atoms. The van der Waals surface area contributed by atoms with Gasteiger partial charge in [-0.05, 0) is 82.7 Å². The summed E-state index contributed by atoms with van der Waals surface area (Å²) in [6.07, 6.45) is 1.55. The number of carbonyl (C=O) groups excluding carboxylic acids is 1. The van der Waals surface area contributed by atoms with Gasteiger partial charge in [0.2, 0.25) is 0 Å². The number of aliphatic hydroxyl groups is 2. The third kappa shape index (κ3) is 5.51. The molecule has 8 heteroatoms. The van der Waals surface area contributed by atoms with Crippen molar-refractivity contribution in [3.63, 3.8) is 0 Å². The number of rotatable bonds is 8. The van der Waals surface area contributed by atoms with E-state index in [1.807, 2.05) is 0 Å². The summed E-state index contributed by atoms with van der Waals surface area (Å²) in [5, 5.41) is 33.9. The largest absolute Gasteiger partial charge is 0.456 e. The molecule has 1 aliphatic carbocycles. The molecule has 0 spiro atoms.